The van der Waals surface area contributed by atoms with Gasteiger partial charge in [0.1, 0.15) is 0 Å². The molecule has 0 aromatic rings. The summed E-state index contributed by atoms with van der Waals surface area (Å²) >= 11 is 0. The van der Waals surface area contributed by atoms with Crippen LogP contribution in [0.2, 0.25) is 0 Å². The molecule has 1 spiro atoms. The van der Waals surface area contributed by atoms with Crippen LogP contribution in [-0.2, 0) is 9.59 Å². The van der Waals surface area contributed by atoms with E-state index in [-0.39, 0.29) is 18.1 Å². The molecule has 0 aromatic heterocycles. The number of Topliss-reactive ketones (excluding diaryl/α,β-unsaturated/α-hetero) is 1. The van der Waals surface area contributed by atoms with Gasteiger partial charge in [-0.05, 0) is 31.1 Å². The van der Waals surface area contributed by atoms with Gasteiger partial charge < -0.3 is 5.32 Å². The van der Waals surface area contributed by atoms with Gasteiger partial charge >= 0.3 is 0 Å². The summed E-state index contributed by atoms with van der Waals surface area (Å²) < 4.78 is 0. The summed E-state index contributed by atoms with van der Waals surface area (Å²) in [6.45, 7) is 4.45. The van der Waals surface area contributed by atoms with Crippen molar-refractivity contribution < 1.29 is 9.59 Å². The maximum atomic E-state index is 11.7. The van der Waals surface area contributed by atoms with Crippen LogP contribution in [0.4, 0.5) is 0 Å². The molecule has 1 N–H and O–H groups in total. The molecule has 2 aliphatic rings. The molecule has 3 heteroatoms. The molecule has 0 radical (unpaired) electrons. The van der Waals surface area contributed by atoms with Crippen LogP contribution in [0.15, 0.2) is 0 Å². The number of rotatable bonds is 0. The highest BCUT2D eigenvalue weighted by atomic mass is 16.2. The lowest BCUT2D eigenvalue weighted by atomic mass is 9.68. The number of carbonyl (C=O) groups excluding carboxylic acids is 2. The molecule has 14 heavy (non-hydrogen) atoms. The largest absolute Gasteiger partial charge is 0.343 e. The van der Waals surface area contributed by atoms with Crippen molar-refractivity contribution in [2.24, 2.45) is 5.41 Å². The van der Waals surface area contributed by atoms with Crippen LogP contribution >= 0.6 is 0 Å². The van der Waals surface area contributed by atoms with E-state index < -0.39 is 5.54 Å². The van der Waals surface area contributed by atoms with Crippen molar-refractivity contribution in [2.45, 2.75) is 51.5 Å². The number of nitrogens with one attached hydrogen (secondary N) is 1. The standard InChI is InChI=1S/C11H17NO2/c1-10(2)3-5-11(6-4-10)8(13)7-9(14)12-11/h3-7H2,1-2H3,(H,12,14). The van der Waals surface area contributed by atoms with Gasteiger partial charge in [-0.1, -0.05) is 13.8 Å². The van der Waals surface area contributed by atoms with Gasteiger partial charge in [0.25, 0.3) is 0 Å². The van der Waals surface area contributed by atoms with E-state index in [0.29, 0.717) is 5.41 Å². The van der Waals surface area contributed by atoms with Gasteiger partial charge in [-0.3, -0.25) is 9.59 Å². The molecular weight excluding hydrogens is 178 g/mol. The summed E-state index contributed by atoms with van der Waals surface area (Å²) in [7, 11) is 0. The SMILES string of the molecule is CC1(C)CCC2(CC1)NC(=O)CC2=O. The first kappa shape index (κ1) is 9.69. The highest BCUT2D eigenvalue weighted by Crippen LogP contribution is 2.42. The smallest absolute Gasteiger partial charge is 0.228 e. The Balaban J connectivity index is 2.13. The average Bonchev–Trinajstić information content (AvgIpc) is 2.35. The first-order valence-electron chi connectivity index (χ1n) is 5.28. The normalized spacial score (nSPS) is 29.3. The maximum absolute atomic E-state index is 11.7. The molecule has 0 atom stereocenters. The zero-order valence-electron chi connectivity index (χ0n) is 8.85. The van der Waals surface area contributed by atoms with E-state index >= 15 is 0 Å². The second kappa shape index (κ2) is 2.81. The molecule has 1 amide bonds. The van der Waals surface area contributed by atoms with E-state index in [1.165, 1.54) is 0 Å². The topological polar surface area (TPSA) is 46.2 Å². The van der Waals surface area contributed by atoms with Crippen LogP contribution in [0, 0.1) is 5.41 Å². The fraction of sp³-hybridized carbons (Fsp3) is 0.818. The van der Waals surface area contributed by atoms with Crippen molar-refractivity contribution in [1.29, 1.82) is 0 Å². The Bertz CT molecular complexity index is 284. The molecule has 2 rings (SSSR count). The van der Waals surface area contributed by atoms with Crippen LogP contribution in [-0.4, -0.2) is 17.2 Å². The van der Waals surface area contributed by atoms with Gasteiger partial charge in [-0.25, -0.2) is 0 Å². The van der Waals surface area contributed by atoms with E-state index in [0.717, 1.165) is 25.7 Å². The van der Waals surface area contributed by atoms with Gasteiger partial charge in [-0.15, -0.1) is 0 Å². The fourth-order valence-electron chi connectivity index (χ4n) is 2.45. The van der Waals surface area contributed by atoms with Crippen molar-refractivity contribution in [2.75, 3.05) is 0 Å². The first-order valence-corrected chi connectivity index (χ1v) is 5.28. The monoisotopic (exact) mass is 195 g/mol. The third kappa shape index (κ3) is 1.45. The number of amides is 1. The summed E-state index contributed by atoms with van der Waals surface area (Å²) in [5.41, 5.74) is -0.147. The fourth-order valence-corrected chi connectivity index (χ4v) is 2.45. The number of hydrogen-bond acceptors (Lipinski definition) is 2. The third-order valence-corrected chi connectivity index (χ3v) is 3.69. The van der Waals surface area contributed by atoms with Gasteiger partial charge in [0, 0.05) is 0 Å². The van der Waals surface area contributed by atoms with E-state index in [1.807, 2.05) is 0 Å². The van der Waals surface area contributed by atoms with Crippen molar-refractivity contribution in [3.05, 3.63) is 0 Å². The Kier molecular flexibility index (Phi) is 1.95. The molecule has 3 nitrogen and oxygen atoms in total. The van der Waals surface area contributed by atoms with Gasteiger partial charge in [0.15, 0.2) is 5.78 Å². The first-order chi connectivity index (χ1) is 6.44. The van der Waals surface area contributed by atoms with E-state index in [9.17, 15) is 9.59 Å². The van der Waals surface area contributed by atoms with E-state index in [4.69, 9.17) is 0 Å². The Morgan fingerprint density at radius 3 is 2.07 bits per heavy atom. The van der Waals surface area contributed by atoms with Gasteiger partial charge in [0.2, 0.25) is 5.91 Å². The lowest BCUT2D eigenvalue weighted by molar-refractivity contribution is -0.124. The number of ketones is 1. The van der Waals surface area contributed by atoms with Crippen molar-refractivity contribution >= 4 is 11.7 Å². The summed E-state index contributed by atoms with van der Waals surface area (Å²) in [6, 6.07) is 0. The second-order valence-electron chi connectivity index (χ2n) is 5.39. The Labute approximate surface area is 84.2 Å². The Morgan fingerprint density at radius 2 is 1.64 bits per heavy atom. The molecule has 1 heterocycles. The minimum absolute atomic E-state index is 0.0882. The molecular formula is C11H17NO2. The highest BCUT2D eigenvalue weighted by Gasteiger charge is 2.48. The molecule has 0 unspecified atom stereocenters. The predicted molar refractivity (Wildman–Crippen MR) is 52.7 cm³/mol. The van der Waals surface area contributed by atoms with Crippen LogP contribution in [0.1, 0.15) is 46.0 Å². The van der Waals surface area contributed by atoms with E-state index in [2.05, 4.69) is 19.2 Å². The second-order valence-corrected chi connectivity index (χ2v) is 5.39. The van der Waals surface area contributed by atoms with Crippen LogP contribution in [0.25, 0.3) is 0 Å². The van der Waals surface area contributed by atoms with Crippen LogP contribution in [0.3, 0.4) is 0 Å². The molecule has 1 saturated carbocycles. The molecule has 1 saturated heterocycles. The third-order valence-electron chi connectivity index (χ3n) is 3.69. The lowest BCUT2D eigenvalue weighted by Crippen LogP contribution is -2.50. The molecule has 0 bridgehead atoms. The quantitative estimate of drug-likeness (QED) is 0.594. The Morgan fingerprint density at radius 1 is 1.07 bits per heavy atom. The number of hydrogen-bond donors (Lipinski definition) is 1. The van der Waals surface area contributed by atoms with E-state index in [1.54, 1.807) is 0 Å². The molecule has 1 aliphatic heterocycles. The van der Waals surface area contributed by atoms with Crippen molar-refractivity contribution in [3.8, 4) is 0 Å². The summed E-state index contributed by atoms with van der Waals surface area (Å²) in [5.74, 6) is 0.0210. The molecule has 2 fully saturated rings. The average molecular weight is 195 g/mol. The van der Waals surface area contributed by atoms with Crippen LogP contribution < -0.4 is 5.32 Å². The van der Waals surface area contributed by atoms with Crippen molar-refractivity contribution in [3.63, 3.8) is 0 Å². The minimum atomic E-state index is -0.480. The molecule has 0 aromatic carbocycles. The molecule has 1 aliphatic carbocycles. The van der Waals surface area contributed by atoms with Gasteiger partial charge in [-0.2, -0.15) is 0 Å². The van der Waals surface area contributed by atoms with Crippen LogP contribution in [0.5, 0.6) is 0 Å². The zero-order valence-corrected chi connectivity index (χ0v) is 8.85. The molecule has 78 valence electrons. The number of carbonyl (C=O) groups is 2. The summed E-state index contributed by atoms with van der Waals surface area (Å²) in [4.78, 5) is 22.8. The lowest BCUT2D eigenvalue weighted by Gasteiger charge is -2.39. The minimum Gasteiger partial charge on any atom is -0.343 e. The summed E-state index contributed by atoms with van der Waals surface area (Å²) in [5, 5.41) is 2.87. The van der Waals surface area contributed by atoms with Crippen molar-refractivity contribution in [1.82, 2.24) is 5.32 Å². The summed E-state index contributed by atoms with van der Waals surface area (Å²) in [6.07, 6.45) is 3.80. The maximum Gasteiger partial charge on any atom is 0.228 e. The van der Waals surface area contributed by atoms with Gasteiger partial charge in [0.05, 0.1) is 12.0 Å². The Hall–Kier alpha value is -0.860. The highest BCUT2D eigenvalue weighted by molar-refractivity contribution is 6.10. The zero-order chi connectivity index (χ0) is 10.4. The predicted octanol–water partition coefficient (Wildman–Crippen LogP) is 1.41.